The highest BCUT2D eigenvalue weighted by molar-refractivity contribution is 7.71. The molecular formula is C13H19F3N4OS. The number of rotatable bonds is 3. The molecule has 2 fully saturated rings. The maximum atomic E-state index is 12.8. The smallest absolute Gasteiger partial charge is 0.380 e. The van der Waals surface area contributed by atoms with E-state index in [9.17, 15) is 18.3 Å². The summed E-state index contributed by atoms with van der Waals surface area (Å²) in [6, 6.07) is 0.429. The van der Waals surface area contributed by atoms with Gasteiger partial charge in [0.05, 0.1) is 6.67 Å². The summed E-state index contributed by atoms with van der Waals surface area (Å²) in [6.07, 6.45) is -3.00. The molecule has 0 bridgehead atoms. The minimum atomic E-state index is -4.57. The van der Waals surface area contributed by atoms with Crippen molar-refractivity contribution in [3.8, 4) is 0 Å². The summed E-state index contributed by atoms with van der Waals surface area (Å²) in [5.41, 5.74) is -2.56. The van der Waals surface area contributed by atoms with Gasteiger partial charge in [0.25, 0.3) is 0 Å². The fourth-order valence-corrected chi connectivity index (χ4v) is 3.29. The molecule has 1 aliphatic carbocycles. The molecule has 1 aromatic heterocycles. The first-order chi connectivity index (χ1) is 10.2. The van der Waals surface area contributed by atoms with Crippen LogP contribution in [0.5, 0.6) is 0 Å². The average molecular weight is 336 g/mol. The Labute approximate surface area is 131 Å². The van der Waals surface area contributed by atoms with Gasteiger partial charge >= 0.3 is 6.18 Å². The van der Waals surface area contributed by atoms with Crippen molar-refractivity contribution in [2.45, 2.75) is 57.1 Å². The van der Waals surface area contributed by atoms with E-state index in [1.54, 1.807) is 4.68 Å². The zero-order valence-corrected chi connectivity index (χ0v) is 13.1. The second-order valence-corrected chi connectivity index (χ2v) is 6.58. The van der Waals surface area contributed by atoms with Crippen LogP contribution >= 0.6 is 12.2 Å². The first-order valence-corrected chi connectivity index (χ1v) is 7.79. The van der Waals surface area contributed by atoms with Gasteiger partial charge in [-0.05, 0) is 44.8 Å². The highest BCUT2D eigenvalue weighted by Gasteiger charge is 2.54. The Morgan fingerprint density at radius 1 is 1.32 bits per heavy atom. The van der Waals surface area contributed by atoms with Gasteiger partial charge < -0.3 is 9.67 Å². The van der Waals surface area contributed by atoms with Crippen molar-refractivity contribution in [2.75, 3.05) is 13.1 Å². The summed E-state index contributed by atoms with van der Waals surface area (Å²) in [5, 5.41) is 14.1. The number of alkyl halides is 3. The van der Waals surface area contributed by atoms with Crippen LogP contribution in [0.3, 0.4) is 0 Å². The SMILES string of the molecule is Cc1nn(CN2CCC(O)(C(F)(F)F)CC2)c(=S)n1C1CC1. The van der Waals surface area contributed by atoms with E-state index in [1.165, 1.54) is 0 Å². The quantitative estimate of drug-likeness (QED) is 0.861. The molecule has 0 aromatic carbocycles. The summed E-state index contributed by atoms with van der Waals surface area (Å²) in [6.45, 7) is 2.61. The molecule has 124 valence electrons. The Kier molecular flexibility index (Phi) is 3.85. The molecule has 1 saturated carbocycles. The van der Waals surface area contributed by atoms with Crippen LogP contribution in [-0.2, 0) is 6.67 Å². The second kappa shape index (κ2) is 5.31. The van der Waals surface area contributed by atoms with Crippen LogP contribution < -0.4 is 0 Å². The van der Waals surface area contributed by atoms with E-state index < -0.39 is 11.8 Å². The van der Waals surface area contributed by atoms with E-state index in [0.29, 0.717) is 17.5 Å². The van der Waals surface area contributed by atoms with Crippen LogP contribution in [0.4, 0.5) is 13.2 Å². The van der Waals surface area contributed by atoms with Gasteiger partial charge in [-0.3, -0.25) is 4.90 Å². The lowest BCUT2D eigenvalue weighted by molar-refractivity contribution is -0.273. The summed E-state index contributed by atoms with van der Waals surface area (Å²) < 4.78 is 42.7. The lowest BCUT2D eigenvalue weighted by Gasteiger charge is -2.38. The second-order valence-electron chi connectivity index (χ2n) is 6.22. The predicted octanol–water partition coefficient (Wildman–Crippen LogP) is 2.40. The van der Waals surface area contributed by atoms with Crippen LogP contribution in [0, 0.1) is 11.7 Å². The number of halogens is 3. The third kappa shape index (κ3) is 2.81. The zero-order chi connectivity index (χ0) is 16.1. The number of hydrogen-bond acceptors (Lipinski definition) is 4. The summed E-state index contributed by atoms with van der Waals surface area (Å²) in [5.74, 6) is 0.844. The molecule has 2 heterocycles. The normalized spacial score (nSPS) is 23.0. The number of piperidine rings is 1. The highest BCUT2D eigenvalue weighted by atomic mass is 32.1. The maximum Gasteiger partial charge on any atom is 0.417 e. The predicted molar refractivity (Wildman–Crippen MR) is 75.9 cm³/mol. The number of hydrogen-bond donors (Lipinski definition) is 1. The number of nitrogens with zero attached hydrogens (tertiary/aromatic N) is 4. The lowest BCUT2D eigenvalue weighted by atomic mass is 9.91. The van der Waals surface area contributed by atoms with Crippen molar-refractivity contribution >= 4 is 12.2 Å². The first kappa shape index (κ1) is 15.9. The minimum Gasteiger partial charge on any atom is -0.380 e. The molecule has 0 radical (unpaired) electrons. The van der Waals surface area contributed by atoms with E-state index in [0.717, 1.165) is 18.7 Å². The van der Waals surface area contributed by atoms with Crippen molar-refractivity contribution in [1.29, 1.82) is 0 Å². The molecule has 0 spiro atoms. The summed E-state index contributed by atoms with van der Waals surface area (Å²) >= 11 is 5.41. The molecule has 1 aliphatic heterocycles. The van der Waals surface area contributed by atoms with Crippen LogP contribution in [0.25, 0.3) is 0 Å². The third-order valence-corrected chi connectivity index (χ3v) is 4.91. The van der Waals surface area contributed by atoms with E-state index in [2.05, 4.69) is 5.10 Å². The van der Waals surface area contributed by atoms with Crippen LogP contribution in [0.1, 0.15) is 37.5 Å². The summed E-state index contributed by atoms with van der Waals surface area (Å²) in [7, 11) is 0. The van der Waals surface area contributed by atoms with Gasteiger partial charge in [-0.2, -0.15) is 18.3 Å². The molecule has 2 aliphatic rings. The van der Waals surface area contributed by atoms with E-state index >= 15 is 0 Å². The number of likely N-dealkylation sites (tertiary alicyclic amines) is 1. The van der Waals surface area contributed by atoms with Gasteiger partial charge in [0.15, 0.2) is 10.4 Å². The van der Waals surface area contributed by atoms with Gasteiger partial charge in [-0.1, -0.05) is 0 Å². The van der Waals surface area contributed by atoms with Crippen LogP contribution in [0.15, 0.2) is 0 Å². The molecular weight excluding hydrogens is 317 g/mol. The van der Waals surface area contributed by atoms with E-state index in [-0.39, 0.29) is 25.9 Å². The topological polar surface area (TPSA) is 46.2 Å². The standard InChI is InChI=1S/C13H19F3N4OS/c1-9-17-19(11(22)20(9)10-2-3-10)8-18-6-4-12(21,5-7-18)13(14,15)16/h10,21H,2-8H2,1H3. The van der Waals surface area contributed by atoms with E-state index in [1.807, 2.05) is 16.4 Å². The van der Waals surface area contributed by atoms with Crippen molar-refractivity contribution in [3.05, 3.63) is 10.6 Å². The zero-order valence-electron chi connectivity index (χ0n) is 12.3. The van der Waals surface area contributed by atoms with Gasteiger partial charge in [0.2, 0.25) is 0 Å². The van der Waals surface area contributed by atoms with Crippen LogP contribution in [0.2, 0.25) is 0 Å². The van der Waals surface area contributed by atoms with Crippen molar-refractivity contribution < 1.29 is 18.3 Å². The fraction of sp³-hybridized carbons (Fsp3) is 0.846. The number of aliphatic hydroxyl groups is 1. The average Bonchev–Trinajstić information content (AvgIpc) is 3.20. The van der Waals surface area contributed by atoms with Crippen LogP contribution in [-0.4, -0.2) is 49.2 Å². The van der Waals surface area contributed by atoms with Gasteiger partial charge in [-0.15, -0.1) is 0 Å². The minimum absolute atomic E-state index is 0.174. The molecule has 1 aromatic rings. The van der Waals surface area contributed by atoms with E-state index in [4.69, 9.17) is 12.2 Å². The number of aryl methyl sites for hydroxylation is 1. The molecule has 0 atom stereocenters. The molecule has 9 heteroatoms. The van der Waals surface area contributed by atoms with Crippen molar-refractivity contribution in [2.24, 2.45) is 0 Å². The molecule has 0 unspecified atom stereocenters. The first-order valence-electron chi connectivity index (χ1n) is 7.39. The Morgan fingerprint density at radius 2 is 1.91 bits per heavy atom. The lowest BCUT2D eigenvalue weighted by Crippen LogP contribution is -2.53. The number of aromatic nitrogens is 3. The largest absolute Gasteiger partial charge is 0.417 e. The van der Waals surface area contributed by atoms with Crippen molar-refractivity contribution in [1.82, 2.24) is 19.2 Å². The molecule has 0 amide bonds. The Morgan fingerprint density at radius 3 is 2.41 bits per heavy atom. The fourth-order valence-electron chi connectivity index (χ4n) is 2.91. The van der Waals surface area contributed by atoms with Gasteiger partial charge in [0.1, 0.15) is 5.82 Å². The molecule has 22 heavy (non-hydrogen) atoms. The molecule has 3 rings (SSSR count). The molecule has 1 N–H and O–H groups in total. The highest BCUT2D eigenvalue weighted by Crippen LogP contribution is 2.38. The Bertz CT molecular complexity index is 612. The Hall–Kier alpha value is -0.930. The maximum absolute atomic E-state index is 12.8. The third-order valence-electron chi connectivity index (χ3n) is 4.50. The summed E-state index contributed by atoms with van der Waals surface area (Å²) in [4.78, 5) is 1.85. The molecule has 5 nitrogen and oxygen atoms in total. The monoisotopic (exact) mass is 336 g/mol. The van der Waals surface area contributed by atoms with Gasteiger partial charge in [0, 0.05) is 19.1 Å². The Balaban J connectivity index is 1.67. The van der Waals surface area contributed by atoms with Crippen molar-refractivity contribution in [3.63, 3.8) is 0 Å². The van der Waals surface area contributed by atoms with Gasteiger partial charge in [-0.25, -0.2) is 4.68 Å². The molecule has 1 saturated heterocycles.